The van der Waals surface area contributed by atoms with Crippen LogP contribution in [0.25, 0.3) is 0 Å². The first-order chi connectivity index (χ1) is 17.6. The summed E-state index contributed by atoms with van der Waals surface area (Å²) < 4.78 is 6.09. The van der Waals surface area contributed by atoms with E-state index in [1.54, 1.807) is 6.92 Å². The molecule has 2 aliphatic rings. The van der Waals surface area contributed by atoms with Crippen LogP contribution in [0.15, 0.2) is 78.9 Å². The number of ether oxygens (including phenoxy) is 1. The quantitative estimate of drug-likeness (QED) is 0.488. The van der Waals surface area contributed by atoms with Gasteiger partial charge in [0.2, 0.25) is 5.91 Å². The minimum Gasteiger partial charge on any atom is -0.481 e. The summed E-state index contributed by atoms with van der Waals surface area (Å²) in [5.74, 6) is 0.888. The summed E-state index contributed by atoms with van der Waals surface area (Å²) in [5.41, 5.74) is 4.47. The van der Waals surface area contributed by atoms with Crippen LogP contribution in [0, 0.1) is 5.92 Å². The molecule has 1 heterocycles. The molecule has 1 aliphatic heterocycles. The average molecular weight is 483 g/mol. The third kappa shape index (κ3) is 5.30. The van der Waals surface area contributed by atoms with Crippen LogP contribution in [0.4, 0.5) is 0 Å². The molecule has 2 amide bonds. The van der Waals surface area contributed by atoms with E-state index in [2.05, 4.69) is 28.4 Å². The first-order valence-electron chi connectivity index (χ1n) is 13.1. The fraction of sp³-hybridized carbons (Fsp3) is 0.355. The second-order valence-corrected chi connectivity index (χ2v) is 9.90. The van der Waals surface area contributed by atoms with Crippen LogP contribution in [0.1, 0.15) is 60.9 Å². The number of carbonyl (C=O) groups excluding carboxylic acids is 2. The lowest BCUT2D eigenvalue weighted by molar-refractivity contribution is -0.137. The Bertz CT molecular complexity index is 1190. The van der Waals surface area contributed by atoms with Gasteiger partial charge in [0.05, 0.1) is 6.04 Å². The number of nitrogens with one attached hydrogen (secondary N) is 1. The summed E-state index contributed by atoms with van der Waals surface area (Å²) in [4.78, 5) is 28.3. The van der Waals surface area contributed by atoms with Crippen molar-refractivity contribution >= 4 is 11.8 Å². The van der Waals surface area contributed by atoms with Crippen LogP contribution in [0.3, 0.4) is 0 Å². The van der Waals surface area contributed by atoms with Gasteiger partial charge in [0.15, 0.2) is 6.10 Å². The monoisotopic (exact) mass is 482 g/mol. The highest BCUT2D eigenvalue weighted by molar-refractivity contribution is 5.81. The van der Waals surface area contributed by atoms with E-state index < -0.39 is 6.10 Å². The van der Waals surface area contributed by atoms with Crippen LogP contribution in [0.5, 0.6) is 5.75 Å². The Labute approximate surface area is 213 Å². The lowest BCUT2D eigenvalue weighted by Crippen LogP contribution is -2.43. The highest BCUT2D eigenvalue weighted by atomic mass is 16.5. The molecule has 0 spiro atoms. The average Bonchev–Trinajstić information content (AvgIpc) is 3.47. The molecule has 2 unspecified atom stereocenters. The molecule has 1 saturated carbocycles. The highest BCUT2D eigenvalue weighted by Crippen LogP contribution is 2.39. The molecular formula is C31H34N2O3. The maximum atomic E-state index is 13.6. The zero-order valence-electron chi connectivity index (χ0n) is 20.9. The molecule has 0 saturated heterocycles. The van der Waals surface area contributed by atoms with E-state index in [-0.39, 0.29) is 23.8 Å². The van der Waals surface area contributed by atoms with Crippen LogP contribution < -0.4 is 10.1 Å². The Kier molecular flexibility index (Phi) is 7.36. The minimum atomic E-state index is -0.637. The molecular weight excluding hydrogens is 448 g/mol. The second-order valence-electron chi connectivity index (χ2n) is 9.90. The summed E-state index contributed by atoms with van der Waals surface area (Å²) in [7, 11) is 0. The van der Waals surface area contributed by atoms with Crippen molar-refractivity contribution in [1.29, 1.82) is 0 Å². The zero-order chi connectivity index (χ0) is 24.9. The smallest absolute Gasteiger partial charge is 0.261 e. The molecule has 3 aromatic carbocycles. The maximum Gasteiger partial charge on any atom is 0.261 e. The molecule has 1 N–H and O–H groups in total. The molecule has 5 nitrogen and oxygen atoms in total. The highest BCUT2D eigenvalue weighted by Gasteiger charge is 2.36. The first-order valence-corrected chi connectivity index (χ1v) is 13.1. The Hall–Kier alpha value is -3.60. The van der Waals surface area contributed by atoms with Crippen molar-refractivity contribution in [3.8, 4) is 5.75 Å². The fourth-order valence-electron chi connectivity index (χ4n) is 5.49. The first kappa shape index (κ1) is 24.1. The number of fused-ring (bicyclic) bond motifs is 1. The lowest BCUT2D eigenvalue weighted by atomic mass is 9.87. The summed E-state index contributed by atoms with van der Waals surface area (Å²) in [6.45, 7) is 2.96. The second kappa shape index (κ2) is 11.0. The Morgan fingerprint density at radius 1 is 0.972 bits per heavy atom. The van der Waals surface area contributed by atoms with Crippen molar-refractivity contribution in [2.45, 2.75) is 57.7 Å². The van der Waals surface area contributed by atoms with E-state index >= 15 is 0 Å². The molecule has 186 valence electrons. The fourth-order valence-corrected chi connectivity index (χ4v) is 5.49. The largest absolute Gasteiger partial charge is 0.481 e. The van der Waals surface area contributed by atoms with E-state index in [0.29, 0.717) is 12.3 Å². The SMILES string of the molecule is CC(Oc1ccc2c(c1)C(c1ccccc1)N(C(=O)C1CCCC1)CC2)C(=O)NCc1ccccc1. The van der Waals surface area contributed by atoms with Crippen LogP contribution >= 0.6 is 0 Å². The van der Waals surface area contributed by atoms with E-state index in [4.69, 9.17) is 4.74 Å². The summed E-state index contributed by atoms with van der Waals surface area (Å²) in [6.07, 6.45) is 4.44. The molecule has 5 rings (SSSR count). The predicted molar refractivity (Wildman–Crippen MR) is 140 cm³/mol. The third-order valence-electron chi connectivity index (χ3n) is 7.44. The van der Waals surface area contributed by atoms with E-state index in [1.165, 1.54) is 5.56 Å². The van der Waals surface area contributed by atoms with Gasteiger partial charge in [-0.15, -0.1) is 0 Å². The van der Waals surface area contributed by atoms with Crippen molar-refractivity contribution in [3.63, 3.8) is 0 Å². The number of hydrogen-bond donors (Lipinski definition) is 1. The molecule has 0 aromatic heterocycles. The van der Waals surface area contributed by atoms with Crippen LogP contribution in [0.2, 0.25) is 0 Å². The molecule has 1 fully saturated rings. The third-order valence-corrected chi connectivity index (χ3v) is 7.44. The molecule has 36 heavy (non-hydrogen) atoms. The van der Waals surface area contributed by atoms with Crippen molar-refractivity contribution in [2.75, 3.05) is 6.54 Å². The minimum absolute atomic E-state index is 0.130. The molecule has 2 atom stereocenters. The standard InChI is InChI=1S/C31H34N2O3/c1-22(30(34)32-21-23-10-4-2-5-11-23)36-27-17-16-24-18-19-33(31(35)26-14-8-9-15-26)29(28(24)20-27)25-12-6-3-7-13-25/h2-7,10-13,16-17,20,22,26,29H,8-9,14-15,18-19,21H2,1H3,(H,32,34). The van der Waals surface area contributed by atoms with Gasteiger partial charge >= 0.3 is 0 Å². The maximum absolute atomic E-state index is 13.6. The molecule has 1 aliphatic carbocycles. The van der Waals surface area contributed by atoms with E-state index in [1.807, 2.05) is 60.7 Å². The van der Waals surface area contributed by atoms with Crippen molar-refractivity contribution < 1.29 is 14.3 Å². The van der Waals surface area contributed by atoms with Crippen molar-refractivity contribution in [3.05, 3.63) is 101 Å². The Balaban J connectivity index is 1.36. The van der Waals surface area contributed by atoms with Crippen LogP contribution in [-0.4, -0.2) is 29.4 Å². The van der Waals surface area contributed by atoms with Crippen molar-refractivity contribution in [2.24, 2.45) is 5.92 Å². The van der Waals surface area contributed by atoms with Gasteiger partial charge in [0.25, 0.3) is 5.91 Å². The summed E-state index contributed by atoms with van der Waals surface area (Å²) in [5, 5.41) is 2.95. The van der Waals surface area contributed by atoms with Gasteiger partial charge in [0, 0.05) is 19.0 Å². The molecule has 5 heteroatoms. The van der Waals surface area contributed by atoms with E-state index in [0.717, 1.165) is 55.3 Å². The molecule has 0 bridgehead atoms. The molecule has 0 radical (unpaired) electrons. The predicted octanol–water partition coefficient (Wildman–Crippen LogP) is 5.43. The van der Waals surface area contributed by atoms with Gasteiger partial charge in [0.1, 0.15) is 5.75 Å². The van der Waals surface area contributed by atoms with E-state index in [9.17, 15) is 9.59 Å². The normalized spacial score (nSPS) is 18.4. The number of nitrogens with zero attached hydrogens (tertiary/aromatic N) is 1. The van der Waals surface area contributed by atoms with Gasteiger partial charge < -0.3 is 15.0 Å². The zero-order valence-corrected chi connectivity index (χ0v) is 20.9. The molecule has 3 aromatic rings. The summed E-state index contributed by atoms with van der Waals surface area (Å²) in [6, 6.07) is 26.0. The van der Waals surface area contributed by atoms with Gasteiger partial charge in [-0.05, 0) is 60.6 Å². The number of carbonyl (C=O) groups is 2. The van der Waals surface area contributed by atoms with Crippen molar-refractivity contribution in [1.82, 2.24) is 10.2 Å². The lowest BCUT2D eigenvalue weighted by Gasteiger charge is -2.39. The number of rotatable bonds is 7. The van der Waals surface area contributed by atoms with Gasteiger partial charge in [-0.25, -0.2) is 0 Å². The van der Waals surface area contributed by atoms with Crippen LogP contribution in [-0.2, 0) is 22.6 Å². The van der Waals surface area contributed by atoms with Gasteiger partial charge in [-0.3, -0.25) is 9.59 Å². The van der Waals surface area contributed by atoms with Gasteiger partial charge in [-0.2, -0.15) is 0 Å². The number of amides is 2. The number of hydrogen-bond acceptors (Lipinski definition) is 3. The summed E-state index contributed by atoms with van der Waals surface area (Å²) >= 11 is 0. The van der Waals surface area contributed by atoms with Gasteiger partial charge in [-0.1, -0.05) is 79.6 Å². The Morgan fingerprint density at radius 2 is 1.67 bits per heavy atom. The number of benzene rings is 3. The Morgan fingerprint density at radius 3 is 2.39 bits per heavy atom. The topological polar surface area (TPSA) is 58.6 Å².